The number of anilines is 1. The Kier molecular flexibility index (Phi) is 4.41. The predicted octanol–water partition coefficient (Wildman–Crippen LogP) is 4.29. The van der Waals surface area contributed by atoms with E-state index in [0.29, 0.717) is 10.7 Å². The van der Waals surface area contributed by atoms with Gasteiger partial charge in [-0.1, -0.05) is 29.8 Å². The fraction of sp³-hybridized carbons (Fsp3) is 0.133. The van der Waals surface area contributed by atoms with Crippen molar-refractivity contribution in [1.29, 1.82) is 5.26 Å². The summed E-state index contributed by atoms with van der Waals surface area (Å²) in [5.74, 6) is 0. The first-order chi connectivity index (χ1) is 10.0. The number of nitrogens with zero attached hydrogens (tertiary/aromatic N) is 2. The molecule has 6 heteroatoms. The molecule has 5 nitrogen and oxygen atoms in total. The average Bonchev–Trinajstić information content (AvgIpc) is 2.47. The maximum absolute atomic E-state index is 10.9. The van der Waals surface area contributed by atoms with Gasteiger partial charge < -0.3 is 5.32 Å². The van der Waals surface area contributed by atoms with Gasteiger partial charge in [0.15, 0.2) is 0 Å². The van der Waals surface area contributed by atoms with E-state index in [2.05, 4.69) is 5.32 Å². The molecular formula is C15H12ClN3O2. The third-order valence-electron chi connectivity index (χ3n) is 3.07. The molecule has 0 fully saturated rings. The van der Waals surface area contributed by atoms with Crippen molar-refractivity contribution in [2.45, 2.75) is 13.0 Å². The van der Waals surface area contributed by atoms with E-state index in [4.69, 9.17) is 16.9 Å². The van der Waals surface area contributed by atoms with Crippen LogP contribution in [0.25, 0.3) is 0 Å². The highest BCUT2D eigenvalue weighted by Gasteiger charge is 2.16. The summed E-state index contributed by atoms with van der Waals surface area (Å²) in [4.78, 5) is 10.4. The Bertz CT molecular complexity index is 725. The SMILES string of the molecule is CC(Nc1ccc(C#N)c([N+](=O)[O-])c1)c1ccccc1Cl. The third-order valence-corrected chi connectivity index (χ3v) is 3.41. The van der Waals surface area contributed by atoms with E-state index in [1.807, 2.05) is 31.2 Å². The summed E-state index contributed by atoms with van der Waals surface area (Å²) in [6, 6.07) is 13.5. The first kappa shape index (κ1) is 14.8. The van der Waals surface area contributed by atoms with Crippen molar-refractivity contribution in [3.63, 3.8) is 0 Å². The second kappa shape index (κ2) is 6.25. The molecule has 0 aliphatic carbocycles. The molecule has 0 amide bonds. The van der Waals surface area contributed by atoms with Crippen LogP contribution >= 0.6 is 11.6 Å². The Morgan fingerprint density at radius 3 is 2.67 bits per heavy atom. The van der Waals surface area contributed by atoms with Gasteiger partial charge >= 0.3 is 0 Å². The summed E-state index contributed by atoms with van der Waals surface area (Å²) in [7, 11) is 0. The maximum Gasteiger partial charge on any atom is 0.289 e. The van der Waals surface area contributed by atoms with Crippen LogP contribution in [0.4, 0.5) is 11.4 Å². The largest absolute Gasteiger partial charge is 0.378 e. The van der Waals surface area contributed by atoms with E-state index in [1.165, 1.54) is 12.1 Å². The van der Waals surface area contributed by atoms with Crippen LogP contribution in [-0.4, -0.2) is 4.92 Å². The van der Waals surface area contributed by atoms with Crippen molar-refractivity contribution >= 4 is 23.0 Å². The van der Waals surface area contributed by atoms with Gasteiger partial charge in [0.1, 0.15) is 11.6 Å². The monoisotopic (exact) mass is 301 g/mol. The summed E-state index contributed by atoms with van der Waals surface area (Å²) in [5, 5.41) is 23.6. The molecule has 0 aromatic heterocycles. The van der Waals surface area contributed by atoms with Gasteiger partial charge in [-0.25, -0.2) is 0 Å². The molecule has 0 saturated heterocycles. The quantitative estimate of drug-likeness (QED) is 0.674. The molecule has 2 aromatic rings. The molecule has 2 aromatic carbocycles. The van der Waals surface area contributed by atoms with Gasteiger partial charge in [-0.15, -0.1) is 0 Å². The van der Waals surface area contributed by atoms with Crippen LogP contribution in [-0.2, 0) is 0 Å². The first-order valence-corrected chi connectivity index (χ1v) is 6.60. The van der Waals surface area contributed by atoms with Crippen LogP contribution in [0.3, 0.4) is 0 Å². The molecule has 0 aliphatic heterocycles. The van der Waals surface area contributed by atoms with Gasteiger partial charge in [-0.2, -0.15) is 5.26 Å². The van der Waals surface area contributed by atoms with Crippen LogP contribution in [0.2, 0.25) is 5.02 Å². The minimum absolute atomic E-state index is 0.0379. The number of hydrogen-bond acceptors (Lipinski definition) is 4. The minimum Gasteiger partial charge on any atom is -0.378 e. The van der Waals surface area contributed by atoms with Gasteiger partial charge in [-0.3, -0.25) is 10.1 Å². The third kappa shape index (κ3) is 3.30. The highest BCUT2D eigenvalue weighted by atomic mass is 35.5. The van der Waals surface area contributed by atoms with Crippen LogP contribution in [0.5, 0.6) is 0 Å². The molecule has 0 radical (unpaired) electrons. The first-order valence-electron chi connectivity index (χ1n) is 6.22. The van der Waals surface area contributed by atoms with Gasteiger partial charge in [0.25, 0.3) is 5.69 Å². The average molecular weight is 302 g/mol. The lowest BCUT2D eigenvalue weighted by Crippen LogP contribution is -2.07. The molecule has 106 valence electrons. The Balaban J connectivity index is 2.28. The molecular weight excluding hydrogens is 290 g/mol. The lowest BCUT2D eigenvalue weighted by molar-refractivity contribution is -0.385. The summed E-state index contributed by atoms with van der Waals surface area (Å²) in [6.45, 7) is 1.91. The van der Waals surface area contributed by atoms with Crippen LogP contribution in [0, 0.1) is 21.4 Å². The van der Waals surface area contributed by atoms with E-state index in [1.54, 1.807) is 12.1 Å². The molecule has 1 unspecified atom stereocenters. The van der Waals surface area contributed by atoms with Crippen LogP contribution < -0.4 is 5.32 Å². The number of hydrogen-bond donors (Lipinski definition) is 1. The Hall–Kier alpha value is -2.58. The highest BCUT2D eigenvalue weighted by molar-refractivity contribution is 6.31. The van der Waals surface area contributed by atoms with Crippen molar-refractivity contribution < 1.29 is 4.92 Å². The number of rotatable bonds is 4. The fourth-order valence-corrected chi connectivity index (χ4v) is 2.32. The lowest BCUT2D eigenvalue weighted by Gasteiger charge is -2.17. The van der Waals surface area contributed by atoms with Crippen molar-refractivity contribution in [3.8, 4) is 6.07 Å². The zero-order valence-corrected chi connectivity index (χ0v) is 12.0. The minimum atomic E-state index is -0.566. The van der Waals surface area contributed by atoms with Crippen LogP contribution in [0.15, 0.2) is 42.5 Å². The second-order valence-electron chi connectivity index (χ2n) is 4.49. The fourth-order valence-electron chi connectivity index (χ4n) is 2.02. The zero-order valence-electron chi connectivity index (χ0n) is 11.2. The molecule has 21 heavy (non-hydrogen) atoms. The smallest absolute Gasteiger partial charge is 0.289 e. The molecule has 2 rings (SSSR count). The van der Waals surface area contributed by atoms with Gasteiger partial charge in [-0.05, 0) is 30.7 Å². The van der Waals surface area contributed by atoms with Gasteiger partial charge in [0.2, 0.25) is 0 Å². The van der Waals surface area contributed by atoms with Crippen LogP contribution in [0.1, 0.15) is 24.1 Å². The predicted molar refractivity (Wildman–Crippen MR) is 81.3 cm³/mol. The summed E-state index contributed by atoms with van der Waals surface area (Å²) in [6.07, 6.45) is 0. The molecule has 0 saturated carbocycles. The number of nitro groups is 1. The number of nitro benzene ring substituents is 1. The molecule has 1 atom stereocenters. The van der Waals surface area contributed by atoms with Crippen molar-refractivity contribution in [3.05, 3.63) is 68.7 Å². The van der Waals surface area contributed by atoms with E-state index in [0.717, 1.165) is 5.56 Å². The summed E-state index contributed by atoms with van der Waals surface area (Å²) < 4.78 is 0. The highest BCUT2D eigenvalue weighted by Crippen LogP contribution is 2.28. The summed E-state index contributed by atoms with van der Waals surface area (Å²) >= 11 is 6.12. The Morgan fingerprint density at radius 2 is 2.05 bits per heavy atom. The molecule has 0 heterocycles. The van der Waals surface area contributed by atoms with Crippen molar-refractivity contribution in [2.75, 3.05) is 5.32 Å². The lowest BCUT2D eigenvalue weighted by atomic mass is 10.1. The van der Waals surface area contributed by atoms with E-state index in [-0.39, 0.29) is 17.3 Å². The van der Waals surface area contributed by atoms with E-state index < -0.39 is 4.92 Å². The Morgan fingerprint density at radius 1 is 1.33 bits per heavy atom. The van der Waals surface area contributed by atoms with Gasteiger partial charge in [0, 0.05) is 22.8 Å². The van der Waals surface area contributed by atoms with Gasteiger partial charge in [0.05, 0.1) is 4.92 Å². The number of halogens is 1. The Labute approximate surface area is 126 Å². The zero-order chi connectivity index (χ0) is 15.4. The normalized spacial score (nSPS) is 11.5. The van der Waals surface area contributed by atoms with Crippen molar-refractivity contribution in [2.24, 2.45) is 0 Å². The number of nitriles is 1. The van der Waals surface area contributed by atoms with E-state index >= 15 is 0 Å². The second-order valence-corrected chi connectivity index (χ2v) is 4.90. The molecule has 0 spiro atoms. The molecule has 1 N–H and O–H groups in total. The topological polar surface area (TPSA) is 79.0 Å². The molecule has 0 aliphatic rings. The number of nitrogens with one attached hydrogen (secondary N) is 1. The van der Waals surface area contributed by atoms with Crippen molar-refractivity contribution in [1.82, 2.24) is 0 Å². The molecule has 0 bridgehead atoms. The summed E-state index contributed by atoms with van der Waals surface area (Å²) in [5.41, 5.74) is 1.28. The standard InChI is InChI=1S/C15H12ClN3O2/c1-10(13-4-2-3-5-14(13)16)18-12-7-6-11(9-17)15(8-12)19(20)21/h2-8,10,18H,1H3. The maximum atomic E-state index is 10.9. The number of benzene rings is 2. The van der Waals surface area contributed by atoms with E-state index in [9.17, 15) is 10.1 Å².